The Balaban J connectivity index is 2.46. The van der Waals surface area contributed by atoms with E-state index >= 15 is 0 Å². The molecule has 1 saturated heterocycles. The SMILES string of the molecule is C=C(NC(=O)C(C)(C)C)C1CCN(C(=C)C)CC1. The average Bonchev–Trinajstić information content (AvgIpc) is 2.27. The molecule has 1 fully saturated rings. The van der Waals surface area contributed by atoms with Crippen LogP contribution in [0.3, 0.4) is 0 Å². The van der Waals surface area contributed by atoms with Crippen LogP contribution in [0.2, 0.25) is 0 Å². The fourth-order valence-corrected chi connectivity index (χ4v) is 2.05. The van der Waals surface area contributed by atoms with Gasteiger partial charge in [0.2, 0.25) is 5.91 Å². The van der Waals surface area contributed by atoms with Gasteiger partial charge < -0.3 is 10.2 Å². The van der Waals surface area contributed by atoms with Gasteiger partial charge >= 0.3 is 0 Å². The second-order valence-electron chi connectivity index (χ2n) is 6.23. The number of hydrogen-bond donors (Lipinski definition) is 1. The van der Waals surface area contributed by atoms with Gasteiger partial charge in [-0.2, -0.15) is 0 Å². The van der Waals surface area contributed by atoms with E-state index in [1.807, 2.05) is 27.7 Å². The van der Waals surface area contributed by atoms with Crippen molar-refractivity contribution in [2.45, 2.75) is 40.5 Å². The van der Waals surface area contributed by atoms with E-state index in [-0.39, 0.29) is 11.3 Å². The Hall–Kier alpha value is -1.25. The number of rotatable bonds is 3. The van der Waals surface area contributed by atoms with Crippen LogP contribution in [-0.2, 0) is 4.79 Å². The fourth-order valence-electron chi connectivity index (χ4n) is 2.05. The van der Waals surface area contributed by atoms with E-state index in [9.17, 15) is 4.79 Å². The van der Waals surface area contributed by atoms with Gasteiger partial charge in [0.05, 0.1) is 0 Å². The van der Waals surface area contributed by atoms with Gasteiger partial charge in [0.1, 0.15) is 0 Å². The molecule has 0 aliphatic carbocycles. The van der Waals surface area contributed by atoms with Gasteiger partial charge in [-0.15, -0.1) is 0 Å². The van der Waals surface area contributed by atoms with Crippen molar-refractivity contribution in [1.29, 1.82) is 0 Å². The van der Waals surface area contributed by atoms with Crippen LogP contribution in [0, 0.1) is 11.3 Å². The van der Waals surface area contributed by atoms with Crippen molar-refractivity contribution in [2.24, 2.45) is 11.3 Å². The number of hydrogen-bond acceptors (Lipinski definition) is 2. The maximum atomic E-state index is 11.9. The van der Waals surface area contributed by atoms with Gasteiger partial charge in [-0.3, -0.25) is 4.79 Å². The van der Waals surface area contributed by atoms with Crippen molar-refractivity contribution in [2.75, 3.05) is 13.1 Å². The molecule has 1 rings (SSSR count). The summed E-state index contributed by atoms with van der Waals surface area (Å²) in [5.74, 6) is 0.446. The molecular formula is C15H26N2O. The zero-order chi connectivity index (χ0) is 13.9. The summed E-state index contributed by atoms with van der Waals surface area (Å²) in [6.45, 7) is 17.8. The Morgan fingerprint density at radius 2 is 1.72 bits per heavy atom. The monoisotopic (exact) mass is 250 g/mol. The summed E-state index contributed by atoms with van der Waals surface area (Å²) in [4.78, 5) is 14.2. The number of nitrogens with one attached hydrogen (secondary N) is 1. The third kappa shape index (κ3) is 3.90. The van der Waals surface area contributed by atoms with Crippen LogP contribution >= 0.6 is 0 Å². The minimum Gasteiger partial charge on any atom is -0.375 e. The molecular weight excluding hydrogens is 224 g/mol. The molecule has 0 unspecified atom stereocenters. The first-order valence-electron chi connectivity index (χ1n) is 6.62. The van der Waals surface area contributed by atoms with E-state index in [1.165, 1.54) is 0 Å². The molecule has 0 spiro atoms. The smallest absolute Gasteiger partial charge is 0.229 e. The Morgan fingerprint density at radius 1 is 1.22 bits per heavy atom. The second kappa shape index (κ2) is 5.59. The predicted molar refractivity (Wildman–Crippen MR) is 75.8 cm³/mol. The van der Waals surface area contributed by atoms with Crippen molar-refractivity contribution < 1.29 is 4.79 Å². The topological polar surface area (TPSA) is 32.3 Å². The molecule has 1 aliphatic rings. The van der Waals surface area contributed by atoms with Crippen LogP contribution in [0.1, 0.15) is 40.5 Å². The lowest BCUT2D eigenvalue weighted by Crippen LogP contribution is -2.39. The largest absolute Gasteiger partial charge is 0.375 e. The lowest BCUT2D eigenvalue weighted by Gasteiger charge is -2.35. The number of amides is 1. The van der Waals surface area contributed by atoms with Gasteiger partial charge in [-0.25, -0.2) is 0 Å². The number of carbonyl (C=O) groups is 1. The summed E-state index contributed by atoms with van der Waals surface area (Å²) in [5.41, 5.74) is 1.63. The zero-order valence-electron chi connectivity index (χ0n) is 12.2. The average molecular weight is 250 g/mol. The Bertz CT molecular complexity index is 344. The van der Waals surface area contributed by atoms with E-state index in [0.717, 1.165) is 37.3 Å². The Morgan fingerprint density at radius 3 is 2.11 bits per heavy atom. The first-order valence-corrected chi connectivity index (χ1v) is 6.62. The molecule has 0 aromatic carbocycles. The molecule has 0 atom stereocenters. The quantitative estimate of drug-likeness (QED) is 0.835. The number of allylic oxidation sites excluding steroid dienone is 2. The van der Waals surface area contributed by atoms with E-state index in [0.29, 0.717) is 5.92 Å². The molecule has 1 N–H and O–H groups in total. The van der Waals surface area contributed by atoms with Crippen LogP contribution in [0.25, 0.3) is 0 Å². The maximum absolute atomic E-state index is 11.9. The fraction of sp³-hybridized carbons (Fsp3) is 0.667. The summed E-state index contributed by atoms with van der Waals surface area (Å²) in [6.07, 6.45) is 2.08. The number of nitrogens with zero attached hydrogens (tertiary/aromatic N) is 1. The first-order chi connectivity index (χ1) is 8.21. The van der Waals surface area contributed by atoms with Crippen LogP contribution in [0.5, 0.6) is 0 Å². The summed E-state index contributed by atoms with van der Waals surface area (Å²) < 4.78 is 0. The molecule has 0 saturated carbocycles. The standard InChI is InChI=1S/C15H26N2O/c1-11(2)17-9-7-13(8-10-17)12(3)16-14(18)15(4,5)6/h13H,1,3,7-10H2,2,4-6H3,(H,16,18). The van der Waals surface area contributed by atoms with E-state index in [2.05, 4.69) is 23.4 Å². The first kappa shape index (κ1) is 14.8. The van der Waals surface area contributed by atoms with Crippen molar-refractivity contribution in [1.82, 2.24) is 10.2 Å². The van der Waals surface area contributed by atoms with E-state index in [1.54, 1.807) is 0 Å². The lowest BCUT2D eigenvalue weighted by molar-refractivity contribution is -0.127. The van der Waals surface area contributed by atoms with Crippen LogP contribution in [0.4, 0.5) is 0 Å². The highest BCUT2D eigenvalue weighted by Gasteiger charge is 2.26. The van der Waals surface area contributed by atoms with Gasteiger partial charge in [-0.05, 0) is 19.8 Å². The predicted octanol–water partition coefficient (Wildman–Crippen LogP) is 2.91. The Kier molecular flexibility index (Phi) is 4.60. The van der Waals surface area contributed by atoms with Crippen molar-refractivity contribution >= 4 is 5.91 Å². The molecule has 0 aromatic rings. The Labute approximate surface area is 111 Å². The number of piperidine rings is 1. The van der Waals surface area contributed by atoms with Crippen molar-refractivity contribution in [3.05, 3.63) is 24.6 Å². The lowest BCUT2D eigenvalue weighted by atomic mass is 9.91. The van der Waals surface area contributed by atoms with Gasteiger partial charge in [0.15, 0.2) is 0 Å². The summed E-state index contributed by atoms with van der Waals surface area (Å²) in [7, 11) is 0. The number of carbonyl (C=O) groups excluding carboxylic acids is 1. The van der Waals surface area contributed by atoms with Gasteiger partial charge in [0.25, 0.3) is 0 Å². The number of likely N-dealkylation sites (tertiary alicyclic amines) is 1. The molecule has 1 amide bonds. The third-order valence-electron chi connectivity index (χ3n) is 3.48. The highest BCUT2D eigenvalue weighted by Crippen LogP contribution is 2.25. The van der Waals surface area contributed by atoms with E-state index in [4.69, 9.17) is 0 Å². The molecule has 1 heterocycles. The molecule has 18 heavy (non-hydrogen) atoms. The second-order valence-corrected chi connectivity index (χ2v) is 6.23. The van der Waals surface area contributed by atoms with Crippen LogP contribution in [0.15, 0.2) is 24.6 Å². The highest BCUT2D eigenvalue weighted by atomic mass is 16.2. The van der Waals surface area contributed by atoms with Crippen molar-refractivity contribution in [3.63, 3.8) is 0 Å². The van der Waals surface area contributed by atoms with Crippen molar-refractivity contribution in [3.8, 4) is 0 Å². The van der Waals surface area contributed by atoms with Gasteiger partial charge in [-0.1, -0.05) is 33.9 Å². The molecule has 102 valence electrons. The third-order valence-corrected chi connectivity index (χ3v) is 3.48. The van der Waals surface area contributed by atoms with Gasteiger partial charge in [0, 0.05) is 35.8 Å². The minimum atomic E-state index is -0.360. The molecule has 0 aromatic heterocycles. The maximum Gasteiger partial charge on any atom is 0.229 e. The molecule has 0 radical (unpaired) electrons. The molecule has 0 bridgehead atoms. The van der Waals surface area contributed by atoms with Crippen LogP contribution in [-0.4, -0.2) is 23.9 Å². The minimum absolute atomic E-state index is 0.0508. The van der Waals surface area contributed by atoms with E-state index < -0.39 is 0 Å². The summed E-state index contributed by atoms with van der Waals surface area (Å²) in [5, 5.41) is 2.96. The summed E-state index contributed by atoms with van der Waals surface area (Å²) in [6, 6.07) is 0. The molecule has 1 aliphatic heterocycles. The molecule has 3 heteroatoms. The zero-order valence-corrected chi connectivity index (χ0v) is 12.2. The summed E-state index contributed by atoms with van der Waals surface area (Å²) >= 11 is 0. The molecule has 3 nitrogen and oxygen atoms in total. The highest BCUT2D eigenvalue weighted by molar-refractivity contribution is 5.82. The normalized spacial score (nSPS) is 17.4. The van der Waals surface area contributed by atoms with Crippen LogP contribution < -0.4 is 5.32 Å².